The summed E-state index contributed by atoms with van der Waals surface area (Å²) in [7, 11) is 0. The predicted octanol–water partition coefficient (Wildman–Crippen LogP) is 1.70. The number of nitrogens with zero attached hydrogens (tertiary/aromatic N) is 3. The van der Waals surface area contributed by atoms with Crippen LogP contribution in [0.5, 0.6) is 0 Å². The lowest BCUT2D eigenvalue weighted by molar-refractivity contribution is -0.136. The van der Waals surface area contributed by atoms with Crippen molar-refractivity contribution in [3.8, 4) is 0 Å². The molecular formula is C12H13F3N4O2. The number of anilines is 1. The Morgan fingerprint density at radius 2 is 2.14 bits per heavy atom. The van der Waals surface area contributed by atoms with Crippen molar-refractivity contribution < 1.29 is 23.0 Å². The van der Waals surface area contributed by atoms with Gasteiger partial charge in [-0.15, -0.1) is 0 Å². The smallest absolute Gasteiger partial charge is 0.394 e. The van der Waals surface area contributed by atoms with Gasteiger partial charge in [-0.25, -0.2) is 9.97 Å². The number of halogens is 3. The molecule has 2 unspecified atom stereocenters. The Balaban J connectivity index is 2.14. The summed E-state index contributed by atoms with van der Waals surface area (Å²) >= 11 is 0. The zero-order valence-electron chi connectivity index (χ0n) is 10.8. The van der Waals surface area contributed by atoms with Gasteiger partial charge in [0.2, 0.25) is 0 Å². The van der Waals surface area contributed by atoms with Crippen LogP contribution in [0.2, 0.25) is 0 Å². The molecule has 21 heavy (non-hydrogen) atoms. The molecule has 1 saturated heterocycles. The van der Waals surface area contributed by atoms with Gasteiger partial charge in [0.15, 0.2) is 0 Å². The number of rotatable bonds is 2. The van der Waals surface area contributed by atoms with E-state index in [2.05, 4.69) is 9.97 Å². The second-order valence-corrected chi connectivity index (χ2v) is 4.88. The van der Waals surface area contributed by atoms with Crippen molar-refractivity contribution in [3.05, 3.63) is 18.1 Å². The molecule has 114 valence electrons. The number of nitrogen functional groups attached to an aromatic ring is 1. The number of hydrogen-bond donors (Lipinski definition) is 2. The third kappa shape index (κ3) is 2.32. The first-order valence-electron chi connectivity index (χ1n) is 6.36. The minimum absolute atomic E-state index is 0.0819. The lowest BCUT2D eigenvalue weighted by Gasteiger charge is -2.14. The molecule has 0 saturated carbocycles. The van der Waals surface area contributed by atoms with Crippen molar-refractivity contribution in [1.29, 1.82) is 0 Å². The third-order valence-electron chi connectivity index (χ3n) is 3.54. The molecule has 0 bridgehead atoms. The maximum absolute atomic E-state index is 13.1. The van der Waals surface area contributed by atoms with E-state index in [1.165, 1.54) is 4.57 Å². The Morgan fingerprint density at radius 3 is 2.76 bits per heavy atom. The number of alkyl halides is 3. The Hall–Kier alpha value is -1.87. The third-order valence-corrected chi connectivity index (χ3v) is 3.54. The molecule has 1 aliphatic rings. The molecule has 2 aromatic heterocycles. The summed E-state index contributed by atoms with van der Waals surface area (Å²) in [6, 6.07) is 0. The van der Waals surface area contributed by atoms with E-state index in [1.54, 1.807) is 0 Å². The van der Waals surface area contributed by atoms with Crippen molar-refractivity contribution in [1.82, 2.24) is 14.5 Å². The standard InChI is InChI=1S/C12H13F3N4O2/c13-12(14,15)7-3-19(8-2-1-6(4-20)21-8)11-9(7)10(16)17-5-18-11/h3,5-6,8,20H,1-2,4H2,(H2,16,17,18). The van der Waals surface area contributed by atoms with Gasteiger partial charge in [-0.2, -0.15) is 13.2 Å². The van der Waals surface area contributed by atoms with Crippen LogP contribution in [0.4, 0.5) is 19.0 Å². The lowest BCUT2D eigenvalue weighted by atomic mass is 10.2. The van der Waals surface area contributed by atoms with Crippen LogP contribution in [0.15, 0.2) is 12.5 Å². The molecule has 2 atom stereocenters. The number of aliphatic hydroxyl groups excluding tert-OH is 1. The summed E-state index contributed by atoms with van der Waals surface area (Å²) in [6.07, 6.45) is -2.40. The fourth-order valence-corrected chi connectivity index (χ4v) is 2.57. The highest BCUT2D eigenvalue weighted by Gasteiger charge is 2.38. The molecule has 3 N–H and O–H groups in total. The maximum atomic E-state index is 13.1. The molecule has 0 amide bonds. The van der Waals surface area contributed by atoms with Gasteiger partial charge in [0.05, 0.1) is 23.7 Å². The number of nitrogens with two attached hydrogens (primary N) is 1. The van der Waals surface area contributed by atoms with Crippen LogP contribution in [0, 0.1) is 0 Å². The molecular weight excluding hydrogens is 289 g/mol. The monoisotopic (exact) mass is 302 g/mol. The van der Waals surface area contributed by atoms with E-state index in [-0.39, 0.29) is 29.6 Å². The molecule has 0 spiro atoms. The first-order valence-corrected chi connectivity index (χ1v) is 6.36. The van der Waals surface area contributed by atoms with Crippen LogP contribution in [0.1, 0.15) is 24.6 Å². The maximum Gasteiger partial charge on any atom is 0.418 e. The van der Waals surface area contributed by atoms with Gasteiger partial charge in [0, 0.05) is 6.20 Å². The second kappa shape index (κ2) is 4.85. The molecule has 9 heteroatoms. The van der Waals surface area contributed by atoms with E-state index in [4.69, 9.17) is 15.6 Å². The molecule has 0 aliphatic carbocycles. The lowest BCUT2D eigenvalue weighted by Crippen LogP contribution is -2.14. The van der Waals surface area contributed by atoms with Gasteiger partial charge in [-0.3, -0.25) is 0 Å². The predicted molar refractivity (Wildman–Crippen MR) is 67.2 cm³/mol. The average molecular weight is 302 g/mol. The quantitative estimate of drug-likeness (QED) is 0.882. The summed E-state index contributed by atoms with van der Waals surface area (Å²) < 4.78 is 46.2. The summed E-state index contributed by atoms with van der Waals surface area (Å²) in [5, 5.41) is 8.84. The number of hydrogen-bond acceptors (Lipinski definition) is 5. The molecule has 6 nitrogen and oxygen atoms in total. The van der Waals surface area contributed by atoms with E-state index in [0.29, 0.717) is 12.8 Å². The Bertz CT molecular complexity index is 670. The zero-order valence-corrected chi connectivity index (χ0v) is 10.8. The Kier molecular flexibility index (Phi) is 3.25. The number of aromatic nitrogens is 3. The highest BCUT2D eigenvalue weighted by atomic mass is 19.4. The normalized spacial score (nSPS) is 23.0. The first-order chi connectivity index (χ1) is 9.91. The van der Waals surface area contributed by atoms with Gasteiger partial charge in [0.25, 0.3) is 0 Å². The summed E-state index contributed by atoms with van der Waals surface area (Å²) in [4.78, 5) is 7.53. The summed E-state index contributed by atoms with van der Waals surface area (Å²) in [5.74, 6) is -0.220. The number of aliphatic hydroxyl groups is 1. The van der Waals surface area contributed by atoms with E-state index in [0.717, 1.165) is 12.5 Å². The van der Waals surface area contributed by atoms with Gasteiger partial charge in [0.1, 0.15) is 24.0 Å². The van der Waals surface area contributed by atoms with Gasteiger partial charge >= 0.3 is 6.18 Å². The molecule has 1 aliphatic heterocycles. The van der Waals surface area contributed by atoms with Crippen molar-refractivity contribution in [2.24, 2.45) is 0 Å². The van der Waals surface area contributed by atoms with E-state index in [1.807, 2.05) is 0 Å². The topological polar surface area (TPSA) is 86.2 Å². The van der Waals surface area contributed by atoms with Crippen molar-refractivity contribution in [2.45, 2.75) is 31.3 Å². The molecule has 3 heterocycles. The van der Waals surface area contributed by atoms with Crippen molar-refractivity contribution in [3.63, 3.8) is 0 Å². The van der Waals surface area contributed by atoms with Crippen LogP contribution in [0.3, 0.4) is 0 Å². The molecule has 3 rings (SSSR count). The Morgan fingerprint density at radius 1 is 1.38 bits per heavy atom. The zero-order chi connectivity index (χ0) is 15.2. The van der Waals surface area contributed by atoms with Gasteiger partial charge in [-0.05, 0) is 12.8 Å². The molecule has 2 aromatic rings. The SMILES string of the molecule is Nc1ncnc2c1c(C(F)(F)F)cn2C1CCC(CO)O1. The van der Waals surface area contributed by atoms with Crippen molar-refractivity contribution in [2.75, 3.05) is 12.3 Å². The Labute approximate surface area is 117 Å². The van der Waals surface area contributed by atoms with Crippen LogP contribution < -0.4 is 5.73 Å². The van der Waals surface area contributed by atoms with Crippen LogP contribution in [-0.4, -0.2) is 32.4 Å². The minimum Gasteiger partial charge on any atom is -0.394 e. The van der Waals surface area contributed by atoms with E-state index < -0.39 is 18.0 Å². The van der Waals surface area contributed by atoms with Crippen LogP contribution in [-0.2, 0) is 10.9 Å². The molecule has 0 radical (unpaired) electrons. The average Bonchev–Trinajstić information content (AvgIpc) is 3.01. The van der Waals surface area contributed by atoms with Crippen LogP contribution in [0.25, 0.3) is 11.0 Å². The first kappa shape index (κ1) is 14.1. The van der Waals surface area contributed by atoms with Gasteiger partial charge in [-0.1, -0.05) is 0 Å². The number of fused-ring (bicyclic) bond motifs is 1. The van der Waals surface area contributed by atoms with Gasteiger partial charge < -0.3 is 20.1 Å². The fourth-order valence-electron chi connectivity index (χ4n) is 2.57. The highest BCUT2D eigenvalue weighted by molar-refractivity contribution is 5.90. The van der Waals surface area contributed by atoms with E-state index >= 15 is 0 Å². The number of ether oxygens (including phenoxy) is 1. The largest absolute Gasteiger partial charge is 0.418 e. The molecule has 0 aromatic carbocycles. The van der Waals surface area contributed by atoms with Crippen LogP contribution >= 0.6 is 0 Å². The minimum atomic E-state index is -4.56. The second-order valence-electron chi connectivity index (χ2n) is 4.88. The fraction of sp³-hybridized carbons (Fsp3) is 0.500. The van der Waals surface area contributed by atoms with Crippen molar-refractivity contribution >= 4 is 16.9 Å². The molecule has 1 fully saturated rings. The summed E-state index contributed by atoms with van der Waals surface area (Å²) in [5.41, 5.74) is 4.77. The highest BCUT2D eigenvalue weighted by Crippen LogP contribution is 2.40. The summed E-state index contributed by atoms with van der Waals surface area (Å²) in [6.45, 7) is -0.168. The van der Waals surface area contributed by atoms with E-state index in [9.17, 15) is 13.2 Å².